The third-order valence-corrected chi connectivity index (χ3v) is 6.72. The number of carbonyl (C=O) groups is 2. The maximum Gasteiger partial charge on any atom is 0.325 e. The quantitative estimate of drug-likeness (QED) is 0.352. The summed E-state index contributed by atoms with van der Waals surface area (Å²) >= 11 is 0. The molecule has 3 N–H and O–H groups in total. The molecule has 8 nitrogen and oxygen atoms in total. The van der Waals surface area contributed by atoms with Crippen LogP contribution in [0.5, 0.6) is 0 Å². The molecule has 0 radical (unpaired) electrons. The van der Waals surface area contributed by atoms with Crippen molar-refractivity contribution in [3.05, 3.63) is 95.9 Å². The summed E-state index contributed by atoms with van der Waals surface area (Å²) in [6.45, 7) is 3.89. The lowest BCUT2D eigenvalue weighted by Crippen LogP contribution is -2.49. The second-order valence-corrected chi connectivity index (χ2v) is 9.01. The molecule has 36 heavy (non-hydrogen) atoms. The van der Waals surface area contributed by atoms with Crippen LogP contribution in [0.15, 0.2) is 79.1 Å². The van der Waals surface area contributed by atoms with Crippen molar-refractivity contribution in [2.24, 2.45) is 0 Å². The van der Waals surface area contributed by atoms with Crippen LogP contribution in [0.3, 0.4) is 0 Å². The first kappa shape index (κ1) is 23.7. The van der Waals surface area contributed by atoms with E-state index in [1.54, 1.807) is 18.3 Å². The van der Waals surface area contributed by atoms with E-state index in [0.717, 1.165) is 48.2 Å². The van der Waals surface area contributed by atoms with Gasteiger partial charge in [0.25, 0.3) is 5.91 Å². The molecule has 0 bridgehead atoms. The molecule has 1 aliphatic heterocycles. The highest BCUT2D eigenvalue weighted by Crippen LogP contribution is 2.31. The van der Waals surface area contributed by atoms with Gasteiger partial charge in [-0.1, -0.05) is 30.3 Å². The molecular weight excluding hydrogens is 454 g/mol. The van der Waals surface area contributed by atoms with Gasteiger partial charge in [0.1, 0.15) is 6.04 Å². The number of fused-ring (bicyclic) bond motifs is 1. The summed E-state index contributed by atoms with van der Waals surface area (Å²) in [5.74, 6) is -1.05. The van der Waals surface area contributed by atoms with E-state index in [1.165, 1.54) is 0 Å². The molecule has 1 saturated heterocycles. The Morgan fingerprint density at radius 3 is 2.50 bits per heavy atom. The standard InChI is InChI=1S/C28H29N5O3/c34-27(20-6-2-1-3-7-20)31-22-9-10-23-24(19-30-25(23)18-22)26(28(35)36)33-16-14-32(15-17-33)13-11-21-8-4-5-12-29-21/h1-10,12,18-19,26,30H,11,13-17H2,(H,31,34)(H,35,36). The third-order valence-electron chi connectivity index (χ3n) is 6.72. The van der Waals surface area contributed by atoms with Gasteiger partial charge in [0.2, 0.25) is 0 Å². The zero-order chi connectivity index (χ0) is 24.9. The van der Waals surface area contributed by atoms with Gasteiger partial charge in [-0.15, -0.1) is 0 Å². The van der Waals surface area contributed by atoms with Gasteiger partial charge in [-0.3, -0.25) is 19.5 Å². The van der Waals surface area contributed by atoms with Crippen molar-refractivity contribution in [3.63, 3.8) is 0 Å². The molecule has 1 atom stereocenters. The van der Waals surface area contributed by atoms with Crippen LogP contribution in [0, 0.1) is 0 Å². The lowest BCUT2D eigenvalue weighted by atomic mass is 10.0. The van der Waals surface area contributed by atoms with Crippen LogP contribution in [0.4, 0.5) is 5.69 Å². The monoisotopic (exact) mass is 483 g/mol. The molecule has 2 aromatic carbocycles. The number of hydrogen-bond acceptors (Lipinski definition) is 5. The predicted octanol–water partition coefficient (Wildman–Crippen LogP) is 3.80. The second kappa shape index (κ2) is 10.7. The first-order chi connectivity index (χ1) is 17.6. The summed E-state index contributed by atoms with van der Waals surface area (Å²) in [6, 6.07) is 19.8. The van der Waals surface area contributed by atoms with E-state index in [-0.39, 0.29) is 5.91 Å². The van der Waals surface area contributed by atoms with E-state index >= 15 is 0 Å². The Labute approximate surface area is 209 Å². The SMILES string of the molecule is O=C(Nc1ccc2c(C(C(=O)O)N3CCN(CCc4ccccn4)CC3)c[nH]c2c1)c1ccccc1. The fraction of sp³-hybridized carbons (Fsp3) is 0.250. The Kier molecular flexibility index (Phi) is 7.06. The number of aromatic nitrogens is 2. The molecule has 1 unspecified atom stereocenters. The average molecular weight is 484 g/mol. The average Bonchev–Trinajstić information content (AvgIpc) is 3.32. The Morgan fingerprint density at radius 1 is 1.00 bits per heavy atom. The van der Waals surface area contributed by atoms with Gasteiger partial charge in [0.05, 0.1) is 0 Å². The number of piperazine rings is 1. The van der Waals surface area contributed by atoms with Crippen molar-refractivity contribution < 1.29 is 14.7 Å². The summed E-state index contributed by atoms with van der Waals surface area (Å²) in [7, 11) is 0. The van der Waals surface area contributed by atoms with Gasteiger partial charge in [-0.2, -0.15) is 0 Å². The number of anilines is 1. The first-order valence-electron chi connectivity index (χ1n) is 12.1. The summed E-state index contributed by atoms with van der Waals surface area (Å²) < 4.78 is 0. The topological polar surface area (TPSA) is 102 Å². The molecule has 1 aliphatic rings. The number of aromatic amines is 1. The number of pyridine rings is 1. The first-order valence-corrected chi connectivity index (χ1v) is 12.1. The smallest absolute Gasteiger partial charge is 0.325 e. The zero-order valence-corrected chi connectivity index (χ0v) is 19.9. The number of carboxylic acids is 1. The third kappa shape index (κ3) is 5.30. The van der Waals surface area contributed by atoms with E-state index in [9.17, 15) is 14.7 Å². The van der Waals surface area contributed by atoms with Gasteiger partial charge in [0.15, 0.2) is 0 Å². The fourth-order valence-corrected chi connectivity index (χ4v) is 4.80. The fourth-order valence-electron chi connectivity index (χ4n) is 4.80. The van der Waals surface area contributed by atoms with Crippen molar-refractivity contribution in [2.75, 3.05) is 38.0 Å². The van der Waals surface area contributed by atoms with Crippen LogP contribution >= 0.6 is 0 Å². The molecule has 1 fully saturated rings. The molecule has 5 rings (SSSR count). The van der Waals surface area contributed by atoms with E-state index in [4.69, 9.17) is 0 Å². The van der Waals surface area contributed by atoms with E-state index < -0.39 is 12.0 Å². The molecule has 184 valence electrons. The number of hydrogen-bond donors (Lipinski definition) is 3. The number of carboxylic acid groups (broad SMARTS) is 1. The normalized spacial score (nSPS) is 15.6. The second-order valence-electron chi connectivity index (χ2n) is 9.01. The largest absolute Gasteiger partial charge is 0.480 e. The zero-order valence-electron chi connectivity index (χ0n) is 19.9. The number of H-pyrrole nitrogens is 1. The van der Waals surface area contributed by atoms with Gasteiger partial charge >= 0.3 is 5.97 Å². The number of nitrogens with zero attached hydrogens (tertiary/aromatic N) is 3. The van der Waals surface area contributed by atoms with E-state index in [1.807, 2.05) is 65.7 Å². The van der Waals surface area contributed by atoms with Crippen LogP contribution in [0.1, 0.15) is 27.7 Å². The summed E-state index contributed by atoms with van der Waals surface area (Å²) in [5, 5.41) is 13.9. The van der Waals surface area contributed by atoms with Gasteiger partial charge in [-0.05, 0) is 36.4 Å². The van der Waals surface area contributed by atoms with Crippen molar-refractivity contribution in [1.82, 2.24) is 19.8 Å². The van der Waals surface area contributed by atoms with Gasteiger partial charge in [0, 0.05) is 84.9 Å². The minimum absolute atomic E-state index is 0.189. The Hall–Kier alpha value is -4.01. The summed E-state index contributed by atoms with van der Waals surface area (Å²) in [5.41, 5.74) is 3.82. The number of aliphatic carboxylic acids is 1. The Morgan fingerprint density at radius 2 is 1.78 bits per heavy atom. The number of benzene rings is 2. The minimum Gasteiger partial charge on any atom is -0.480 e. The number of nitrogens with one attached hydrogen (secondary N) is 2. The van der Waals surface area contributed by atoms with Crippen LogP contribution in [-0.2, 0) is 11.2 Å². The molecule has 3 heterocycles. The maximum atomic E-state index is 12.5. The van der Waals surface area contributed by atoms with Gasteiger partial charge in [-0.25, -0.2) is 0 Å². The highest BCUT2D eigenvalue weighted by Gasteiger charge is 2.32. The molecule has 4 aromatic rings. The molecule has 0 saturated carbocycles. The lowest BCUT2D eigenvalue weighted by molar-refractivity contribution is -0.144. The number of rotatable bonds is 8. The predicted molar refractivity (Wildman–Crippen MR) is 139 cm³/mol. The Bertz CT molecular complexity index is 1330. The summed E-state index contributed by atoms with van der Waals surface area (Å²) in [4.78, 5) is 36.9. The highest BCUT2D eigenvalue weighted by atomic mass is 16.4. The molecule has 0 spiro atoms. The van der Waals surface area contributed by atoms with Crippen LogP contribution < -0.4 is 5.32 Å². The van der Waals surface area contributed by atoms with Crippen molar-refractivity contribution in [1.29, 1.82) is 0 Å². The van der Waals surface area contributed by atoms with Crippen LogP contribution in [0.2, 0.25) is 0 Å². The van der Waals surface area contributed by atoms with Crippen molar-refractivity contribution >= 4 is 28.5 Å². The molecular formula is C28H29N5O3. The number of amides is 1. The van der Waals surface area contributed by atoms with Crippen molar-refractivity contribution in [3.8, 4) is 0 Å². The molecule has 2 aromatic heterocycles. The van der Waals surface area contributed by atoms with Gasteiger partial charge < -0.3 is 20.3 Å². The van der Waals surface area contributed by atoms with Crippen LogP contribution in [0.25, 0.3) is 10.9 Å². The molecule has 1 amide bonds. The highest BCUT2D eigenvalue weighted by molar-refractivity contribution is 6.05. The maximum absolute atomic E-state index is 12.5. The molecule has 0 aliphatic carbocycles. The van der Waals surface area contributed by atoms with Crippen LogP contribution in [-0.4, -0.2) is 69.5 Å². The van der Waals surface area contributed by atoms with E-state index in [2.05, 4.69) is 20.2 Å². The van der Waals surface area contributed by atoms with Crippen molar-refractivity contribution in [2.45, 2.75) is 12.5 Å². The molecule has 8 heteroatoms. The Balaban J connectivity index is 1.26. The van der Waals surface area contributed by atoms with E-state index in [0.29, 0.717) is 24.3 Å². The summed E-state index contributed by atoms with van der Waals surface area (Å²) in [6.07, 6.45) is 4.47. The lowest BCUT2D eigenvalue weighted by Gasteiger charge is -2.37. The number of carbonyl (C=O) groups excluding carboxylic acids is 1. The minimum atomic E-state index is -0.862.